The van der Waals surface area contributed by atoms with Gasteiger partial charge in [0.2, 0.25) is 10.0 Å². The van der Waals surface area contributed by atoms with Gasteiger partial charge in [0, 0.05) is 43.1 Å². The second kappa shape index (κ2) is 6.34. The van der Waals surface area contributed by atoms with Crippen LogP contribution in [0.3, 0.4) is 0 Å². The molecule has 1 aliphatic rings. The molecule has 1 saturated heterocycles. The first kappa shape index (κ1) is 16.9. The van der Waals surface area contributed by atoms with E-state index in [0.717, 1.165) is 16.6 Å². The van der Waals surface area contributed by atoms with Gasteiger partial charge in [0.15, 0.2) is 0 Å². The summed E-state index contributed by atoms with van der Waals surface area (Å²) in [7, 11) is -3.55. The maximum absolute atomic E-state index is 13.1. The molecule has 3 aromatic rings. The summed E-state index contributed by atoms with van der Waals surface area (Å²) in [6, 6.07) is 14.0. The monoisotopic (exact) mass is 371 g/mol. The molecule has 7 heteroatoms. The zero-order valence-corrected chi connectivity index (χ0v) is 15.3. The molecule has 0 radical (unpaired) electrons. The molecule has 1 aliphatic heterocycles. The van der Waals surface area contributed by atoms with Crippen molar-refractivity contribution < 1.29 is 13.5 Å². The van der Waals surface area contributed by atoms with Crippen LogP contribution in [0.2, 0.25) is 0 Å². The van der Waals surface area contributed by atoms with Crippen molar-refractivity contribution in [1.29, 1.82) is 0 Å². The molecule has 4 rings (SSSR count). The first-order valence-electron chi connectivity index (χ1n) is 8.58. The minimum Gasteiger partial charge on any atom is -0.508 e. The van der Waals surface area contributed by atoms with Gasteiger partial charge in [-0.1, -0.05) is 6.07 Å². The van der Waals surface area contributed by atoms with Gasteiger partial charge in [0.1, 0.15) is 5.75 Å². The second-order valence-corrected chi connectivity index (χ2v) is 8.54. The molecule has 2 heterocycles. The summed E-state index contributed by atoms with van der Waals surface area (Å²) in [4.78, 5) is 5.53. The maximum atomic E-state index is 13.1. The number of aromatic amines is 1. The molecule has 1 aromatic heterocycles. The van der Waals surface area contributed by atoms with Crippen molar-refractivity contribution >= 4 is 26.6 Å². The molecule has 0 aliphatic carbocycles. The van der Waals surface area contributed by atoms with Crippen molar-refractivity contribution in [2.45, 2.75) is 17.9 Å². The van der Waals surface area contributed by atoms with Crippen LogP contribution in [0, 0.1) is 0 Å². The van der Waals surface area contributed by atoms with E-state index in [1.807, 2.05) is 31.2 Å². The number of hydrogen-bond acceptors (Lipinski definition) is 4. The smallest absolute Gasteiger partial charge is 0.243 e. The zero-order valence-electron chi connectivity index (χ0n) is 14.5. The van der Waals surface area contributed by atoms with Crippen molar-refractivity contribution in [2.75, 3.05) is 24.5 Å². The summed E-state index contributed by atoms with van der Waals surface area (Å²) in [5.74, 6) is 0.225. The van der Waals surface area contributed by atoms with E-state index in [1.165, 1.54) is 0 Å². The molecular weight excluding hydrogens is 350 g/mol. The van der Waals surface area contributed by atoms with Crippen LogP contribution in [0.4, 0.5) is 5.69 Å². The maximum Gasteiger partial charge on any atom is 0.243 e. The summed E-state index contributed by atoms with van der Waals surface area (Å²) in [5.41, 5.74) is 1.81. The molecule has 1 fully saturated rings. The molecule has 6 nitrogen and oxygen atoms in total. The Balaban J connectivity index is 1.57. The highest BCUT2D eigenvalue weighted by molar-refractivity contribution is 7.89. The average molecular weight is 371 g/mol. The van der Waals surface area contributed by atoms with E-state index in [2.05, 4.69) is 9.88 Å². The Kier molecular flexibility index (Phi) is 4.13. The number of H-pyrrole nitrogens is 1. The third-order valence-corrected chi connectivity index (χ3v) is 6.92. The number of nitrogens with one attached hydrogen (secondary N) is 1. The molecule has 0 bridgehead atoms. The quantitative estimate of drug-likeness (QED) is 0.742. The fraction of sp³-hybridized carbons (Fsp3) is 0.263. The van der Waals surface area contributed by atoms with Gasteiger partial charge in [-0.3, -0.25) is 0 Å². The minimum atomic E-state index is -3.55. The highest BCUT2D eigenvalue weighted by atomic mass is 32.2. The first-order valence-corrected chi connectivity index (χ1v) is 10.0. The average Bonchev–Trinajstić information content (AvgIpc) is 3.09. The molecule has 0 spiro atoms. The van der Waals surface area contributed by atoms with Crippen LogP contribution in [0.15, 0.2) is 59.6 Å². The highest BCUT2D eigenvalue weighted by Gasteiger charge is 2.33. The predicted molar refractivity (Wildman–Crippen MR) is 102 cm³/mol. The number of benzene rings is 2. The number of aromatic nitrogens is 1. The number of aromatic hydroxyl groups is 1. The number of piperazine rings is 1. The van der Waals surface area contributed by atoms with Crippen LogP contribution in [0.5, 0.6) is 5.75 Å². The molecule has 0 saturated carbocycles. The van der Waals surface area contributed by atoms with E-state index in [0.29, 0.717) is 24.5 Å². The fourth-order valence-corrected chi connectivity index (χ4v) is 5.16. The Morgan fingerprint density at radius 1 is 1.08 bits per heavy atom. The zero-order chi connectivity index (χ0) is 18.3. The van der Waals surface area contributed by atoms with Crippen LogP contribution >= 0.6 is 0 Å². The first-order chi connectivity index (χ1) is 12.4. The third-order valence-electron chi connectivity index (χ3n) is 4.91. The number of hydrogen-bond donors (Lipinski definition) is 2. The van der Waals surface area contributed by atoms with Crippen molar-refractivity contribution in [3.8, 4) is 5.75 Å². The van der Waals surface area contributed by atoms with Gasteiger partial charge in [-0.05, 0) is 54.8 Å². The van der Waals surface area contributed by atoms with Gasteiger partial charge in [0.25, 0.3) is 0 Å². The molecule has 2 N–H and O–H groups in total. The van der Waals surface area contributed by atoms with Crippen LogP contribution in [0.25, 0.3) is 10.9 Å². The van der Waals surface area contributed by atoms with Crippen LogP contribution in [-0.4, -0.2) is 48.5 Å². The molecule has 136 valence electrons. The lowest BCUT2D eigenvalue weighted by atomic mass is 10.2. The Labute approximate surface area is 152 Å². The van der Waals surface area contributed by atoms with Gasteiger partial charge < -0.3 is 15.0 Å². The van der Waals surface area contributed by atoms with Crippen molar-refractivity contribution in [2.24, 2.45) is 0 Å². The van der Waals surface area contributed by atoms with Gasteiger partial charge in [-0.2, -0.15) is 4.31 Å². The Morgan fingerprint density at radius 2 is 1.85 bits per heavy atom. The number of sulfonamides is 1. The van der Waals surface area contributed by atoms with Gasteiger partial charge >= 0.3 is 0 Å². The largest absolute Gasteiger partial charge is 0.508 e. The number of phenolic OH excluding ortho intramolecular Hbond substituents is 1. The third kappa shape index (κ3) is 2.93. The van der Waals surface area contributed by atoms with E-state index in [1.54, 1.807) is 34.8 Å². The lowest BCUT2D eigenvalue weighted by Gasteiger charge is -2.40. The lowest BCUT2D eigenvalue weighted by molar-refractivity contribution is 0.307. The van der Waals surface area contributed by atoms with E-state index in [4.69, 9.17) is 0 Å². The van der Waals surface area contributed by atoms with E-state index >= 15 is 0 Å². The van der Waals surface area contributed by atoms with Crippen LogP contribution < -0.4 is 4.90 Å². The molecule has 1 atom stereocenters. The molecule has 2 aromatic carbocycles. The number of phenols is 1. The van der Waals surface area contributed by atoms with E-state index in [-0.39, 0.29) is 11.8 Å². The second-order valence-electron chi connectivity index (χ2n) is 6.65. The Hall–Kier alpha value is -2.51. The van der Waals surface area contributed by atoms with E-state index in [9.17, 15) is 13.5 Å². The molecular formula is C19H21N3O3S. The van der Waals surface area contributed by atoms with Crippen LogP contribution in [-0.2, 0) is 10.0 Å². The van der Waals surface area contributed by atoms with Crippen molar-refractivity contribution in [1.82, 2.24) is 9.29 Å². The van der Waals surface area contributed by atoms with Gasteiger partial charge in [-0.25, -0.2) is 8.42 Å². The molecule has 0 amide bonds. The number of rotatable bonds is 3. The summed E-state index contributed by atoms with van der Waals surface area (Å²) >= 11 is 0. The van der Waals surface area contributed by atoms with Crippen LogP contribution in [0.1, 0.15) is 6.92 Å². The summed E-state index contributed by atoms with van der Waals surface area (Å²) in [5, 5.41) is 10.4. The standard InChI is InChI=1S/C19H21N3O3S/c1-14-13-21(16-3-5-17(23)6-4-16)10-11-22(14)26(24,25)18-7-2-15-8-9-20-19(15)12-18/h2-9,12,14,20,23H,10-11,13H2,1H3/t14-/m1/s1. The summed E-state index contributed by atoms with van der Waals surface area (Å²) < 4.78 is 27.8. The van der Waals surface area contributed by atoms with Gasteiger partial charge in [0.05, 0.1) is 4.90 Å². The SMILES string of the molecule is C[C@@H]1CN(c2ccc(O)cc2)CCN1S(=O)(=O)c1ccc2cc[nH]c2c1. The number of nitrogens with zero attached hydrogens (tertiary/aromatic N) is 2. The Morgan fingerprint density at radius 3 is 2.58 bits per heavy atom. The van der Waals surface area contributed by atoms with Crippen molar-refractivity contribution in [3.05, 3.63) is 54.7 Å². The summed E-state index contributed by atoms with van der Waals surface area (Å²) in [6.45, 7) is 3.57. The molecule has 0 unspecified atom stereocenters. The number of anilines is 1. The Bertz CT molecular complexity index is 1030. The predicted octanol–water partition coefficient (Wildman–Crippen LogP) is 2.77. The van der Waals surface area contributed by atoms with Crippen molar-refractivity contribution in [3.63, 3.8) is 0 Å². The van der Waals surface area contributed by atoms with E-state index < -0.39 is 10.0 Å². The topological polar surface area (TPSA) is 76.6 Å². The fourth-order valence-electron chi connectivity index (χ4n) is 3.52. The molecule has 26 heavy (non-hydrogen) atoms. The number of fused-ring (bicyclic) bond motifs is 1. The summed E-state index contributed by atoms with van der Waals surface area (Å²) in [6.07, 6.45) is 1.81. The normalized spacial score (nSPS) is 19.1. The van der Waals surface area contributed by atoms with Gasteiger partial charge in [-0.15, -0.1) is 0 Å². The minimum absolute atomic E-state index is 0.151. The lowest BCUT2D eigenvalue weighted by Crippen LogP contribution is -2.54. The highest BCUT2D eigenvalue weighted by Crippen LogP contribution is 2.27.